The van der Waals surface area contributed by atoms with E-state index >= 15 is 0 Å². The molecule has 0 saturated carbocycles. The number of ether oxygens (including phenoxy) is 1. The van der Waals surface area contributed by atoms with E-state index in [1.165, 1.54) is 19.2 Å². The molecule has 2 rings (SSSR count). The number of benzene rings is 1. The lowest BCUT2D eigenvalue weighted by atomic mass is 10.1. The number of nitrogens with one attached hydrogen (secondary N) is 3. The number of esters is 1. The Kier molecular flexibility index (Phi) is 6.10. The number of quaternary nitrogens is 1. The summed E-state index contributed by atoms with van der Waals surface area (Å²) in [4.78, 5) is 36.2. The van der Waals surface area contributed by atoms with Gasteiger partial charge in [0.2, 0.25) is 0 Å². The van der Waals surface area contributed by atoms with Crippen molar-refractivity contribution in [1.82, 2.24) is 5.32 Å². The Morgan fingerprint density at radius 1 is 1.50 bits per heavy atom. The summed E-state index contributed by atoms with van der Waals surface area (Å²) >= 11 is 5.78. The summed E-state index contributed by atoms with van der Waals surface area (Å²) in [6.07, 6.45) is -0.128. The van der Waals surface area contributed by atoms with Crippen LogP contribution in [0.2, 0.25) is 5.02 Å². The van der Waals surface area contributed by atoms with Crippen LogP contribution in [0.25, 0.3) is 0 Å². The molecule has 2 amide bonds. The van der Waals surface area contributed by atoms with Gasteiger partial charge in [-0.05, 0) is 18.2 Å². The highest BCUT2D eigenvalue weighted by molar-refractivity contribution is 6.30. The molecule has 1 aromatic rings. The Morgan fingerprint density at radius 2 is 2.25 bits per heavy atom. The number of amides is 2. The molecule has 1 aromatic carbocycles. The van der Waals surface area contributed by atoms with E-state index in [1.54, 1.807) is 0 Å². The molecule has 1 unspecified atom stereocenters. The van der Waals surface area contributed by atoms with Gasteiger partial charge in [0.1, 0.15) is 12.2 Å². The maximum absolute atomic E-state index is 13.7. The molecular formula is C15H18ClFN3O4+. The van der Waals surface area contributed by atoms with E-state index < -0.39 is 23.7 Å². The molecule has 0 aromatic heterocycles. The highest BCUT2D eigenvalue weighted by Crippen LogP contribution is 2.19. The Labute approximate surface area is 143 Å². The van der Waals surface area contributed by atoms with Crippen molar-refractivity contribution < 1.29 is 28.4 Å². The van der Waals surface area contributed by atoms with E-state index in [2.05, 4.69) is 15.4 Å². The summed E-state index contributed by atoms with van der Waals surface area (Å²) in [5, 5.41) is 5.38. The van der Waals surface area contributed by atoms with Crippen LogP contribution in [-0.4, -0.2) is 50.6 Å². The molecule has 1 saturated heterocycles. The summed E-state index contributed by atoms with van der Waals surface area (Å²) < 4.78 is 18.2. The lowest BCUT2D eigenvalue weighted by Crippen LogP contribution is -3.20. The molecule has 0 bridgehead atoms. The average molecular weight is 359 g/mol. The van der Waals surface area contributed by atoms with Crippen molar-refractivity contribution in [2.75, 3.05) is 32.1 Å². The Morgan fingerprint density at radius 3 is 2.96 bits per heavy atom. The quantitative estimate of drug-likeness (QED) is 0.611. The molecule has 0 spiro atoms. The number of hydrogen-bond donors (Lipinski definition) is 3. The van der Waals surface area contributed by atoms with Crippen molar-refractivity contribution >= 4 is 35.1 Å². The number of methoxy groups -OCH3 is 1. The average Bonchev–Trinajstić information content (AvgIpc) is 2.54. The van der Waals surface area contributed by atoms with Gasteiger partial charge in [-0.25, -0.2) is 4.39 Å². The third-order valence-electron chi connectivity index (χ3n) is 3.74. The minimum atomic E-state index is -0.721. The third-order valence-corrected chi connectivity index (χ3v) is 3.98. The zero-order valence-electron chi connectivity index (χ0n) is 13.0. The zero-order chi connectivity index (χ0) is 17.7. The first-order valence-electron chi connectivity index (χ1n) is 7.34. The molecule has 7 nitrogen and oxygen atoms in total. The first-order valence-corrected chi connectivity index (χ1v) is 7.72. The van der Waals surface area contributed by atoms with Gasteiger partial charge in [-0.2, -0.15) is 0 Å². The largest absolute Gasteiger partial charge is 0.469 e. The highest BCUT2D eigenvalue weighted by Gasteiger charge is 2.36. The minimum absolute atomic E-state index is 0.0297. The van der Waals surface area contributed by atoms with Gasteiger partial charge in [-0.15, -0.1) is 0 Å². The summed E-state index contributed by atoms with van der Waals surface area (Å²) in [6.45, 7) is 0.782. The molecule has 0 radical (unpaired) electrons. The van der Waals surface area contributed by atoms with Crippen LogP contribution in [-0.2, 0) is 19.1 Å². The first kappa shape index (κ1) is 18.2. The zero-order valence-corrected chi connectivity index (χ0v) is 13.8. The molecule has 130 valence electrons. The third kappa shape index (κ3) is 4.65. The molecule has 24 heavy (non-hydrogen) atoms. The van der Waals surface area contributed by atoms with E-state index in [-0.39, 0.29) is 24.6 Å². The number of piperazine rings is 1. The predicted octanol–water partition coefficient (Wildman–Crippen LogP) is -0.636. The van der Waals surface area contributed by atoms with Crippen molar-refractivity contribution in [3.8, 4) is 0 Å². The number of hydrogen-bond acceptors (Lipinski definition) is 4. The highest BCUT2D eigenvalue weighted by atomic mass is 35.5. The van der Waals surface area contributed by atoms with Crippen LogP contribution < -0.4 is 15.5 Å². The fourth-order valence-corrected chi connectivity index (χ4v) is 2.69. The smallest absolute Gasteiger partial charge is 0.312 e. The van der Waals surface area contributed by atoms with Crippen LogP contribution in [0.1, 0.15) is 6.42 Å². The van der Waals surface area contributed by atoms with Crippen molar-refractivity contribution in [2.45, 2.75) is 12.5 Å². The van der Waals surface area contributed by atoms with Gasteiger partial charge in [-0.1, -0.05) is 11.6 Å². The topological polar surface area (TPSA) is 88.9 Å². The summed E-state index contributed by atoms with van der Waals surface area (Å²) in [5.41, 5.74) is -0.0297. The molecular weight excluding hydrogens is 341 g/mol. The predicted molar refractivity (Wildman–Crippen MR) is 84.2 cm³/mol. The SMILES string of the molecule is COC(=O)C[C@H]1C(=O)NCC[NH+]1CC(=O)Nc1cc(Cl)ccc1F. The van der Waals surface area contributed by atoms with E-state index in [9.17, 15) is 18.8 Å². The summed E-state index contributed by atoms with van der Waals surface area (Å²) in [5.74, 6) is -1.93. The van der Waals surface area contributed by atoms with Gasteiger partial charge in [0.05, 0.1) is 25.9 Å². The summed E-state index contributed by atoms with van der Waals surface area (Å²) in [7, 11) is 1.23. The second-order valence-electron chi connectivity index (χ2n) is 5.38. The van der Waals surface area contributed by atoms with Gasteiger partial charge >= 0.3 is 5.97 Å². The standard InChI is InChI=1S/C15H17ClFN3O4/c1-24-14(22)7-12-15(23)18-4-5-20(12)8-13(21)19-11-6-9(16)2-3-10(11)17/h2-3,6,12H,4-5,7-8H2,1H3,(H,18,23)(H,19,21)/p+1/t12-/m0/s1. The second kappa shape index (κ2) is 8.07. The fraction of sp³-hybridized carbons (Fsp3) is 0.400. The van der Waals surface area contributed by atoms with Crippen LogP contribution in [0.4, 0.5) is 10.1 Å². The molecule has 2 atom stereocenters. The van der Waals surface area contributed by atoms with E-state index in [4.69, 9.17) is 11.6 Å². The fourth-order valence-electron chi connectivity index (χ4n) is 2.52. The van der Waals surface area contributed by atoms with Gasteiger partial charge in [0.15, 0.2) is 12.6 Å². The maximum atomic E-state index is 13.7. The van der Waals surface area contributed by atoms with E-state index in [0.29, 0.717) is 23.0 Å². The molecule has 1 heterocycles. The normalized spacial score (nSPS) is 20.2. The minimum Gasteiger partial charge on any atom is -0.469 e. The lowest BCUT2D eigenvalue weighted by Gasteiger charge is -2.30. The van der Waals surface area contributed by atoms with Crippen LogP contribution in [0.15, 0.2) is 18.2 Å². The Hall–Kier alpha value is -2.19. The molecule has 1 aliphatic rings. The molecule has 0 aliphatic carbocycles. The van der Waals surface area contributed by atoms with E-state index in [1.807, 2.05) is 0 Å². The monoisotopic (exact) mass is 358 g/mol. The van der Waals surface area contributed by atoms with Crippen molar-refractivity contribution in [3.05, 3.63) is 29.0 Å². The molecule has 3 N–H and O–H groups in total. The lowest BCUT2D eigenvalue weighted by molar-refractivity contribution is -0.909. The van der Waals surface area contributed by atoms with Crippen molar-refractivity contribution in [2.24, 2.45) is 0 Å². The van der Waals surface area contributed by atoms with Gasteiger partial charge in [0.25, 0.3) is 11.8 Å². The van der Waals surface area contributed by atoms with Crippen LogP contribution in [0.5, 0.6) is 0 Å². The number of rotatable bonds is 5. The van der Waals surface area contributed by atoms with Crippen LogP contribution in [0, 0.1) is 5.82 Å². The van der Waals surface area contributed by atoms with E-state index in [0.717, 1.165) is 6.07 Å². The van der Waals surface area contributed by atoms with Crippen LogP contribution >= 0.6 is 11.6 Å². The van der Waals surface area contributed by atoms with Crippen LogP contribution in [0.3, 0.4) is 0 Å². The number of anilines is 1. The second-order valence-corrected chi connectivity index (χ2v) is 5.82. The first-order chi connectivity index (χ1) is 11.4. The summed E-state index contributed by atoms with van der Waals surface area (Å²) in [6, 6.07) is 3.11. The number of carbonyl (C=O) groups excluding carboxylic acids is 3. The van der Waals surface area contributed by atoms with Gasteiger partial charge in [0, 0.05) is 5.02 Å². The molecule has 1 aliphatic heterocycles. The number of carbonyl (C=O) groups is 3. The van der Waals surface area contributed by atoms with Crippen molar-refractivity contribution in [1.29, 1.82) is 0 Å². The van der Waals surface area contributed by atoms with Gasteiger partial charge < -0.3 is 20.3 Å². The Bertz CT molecular complexity index is 656. The van der Waals surface area contributed by atoms with Gasteiger partial charge in [-0.3, -0.25) is 14.4 Å². The Balaban J connectivity index is 2.03. The van der Waals surface area contributed by atoms with Crippen molar-refractivity contribution in [3.63, 3.8) is 0 Å². The molecule has 1 fully saturated rings. The maximum Gasteiger partial charge on any atom is 0.312 e. The number of halogens is 2. The molecule has 9 heteroatoms.